The van der Waals surface area contributed by atoms with Crippen LogP contribution in [0, 0.1) is 13.8 Å². The van der Waals surface area contributed by atoms with Gasteiger partial charge >= 0.3 is 6.03 Å². The van der Waals surface area contributed by atoms with Crippen LogP contribution in [0.4, 0.5) is 4.79 Å². The Morgan fingerprint density at radius 1 is 1.07 bits per heavy atom. The largest absolute Gasteiger partial charge is 0.348 e. The molecule has 2 aromatic carbocycles. The Morgan fingerprint density at radius 3 is 2.66 bits per heavy atom. The van der Waals surface area contributed by atoms with E-state index in [-0.39, 0.29) is 17.9 Å². The summed E-state index contributed by atoms with van der Waals surface area (Å²) in [6, 6.07) is 14.1. The second-order valence-electron chi connectivity index (χ2n) is 7.85. The molecule has 1 aliphatic heterocycles. The summed E-state index contributed by atoms with van der Waals surface area (Å²) in [5, 5.41) is 5.90. The summed E-state index contributed by atoms with van der Waals surface area (Å²) in [6.45, 7) is 8.73. The Morgan fingerprint density at radius 2 is 1.90 bits per heavy atom. The molecule has 2 N–H and O–H groups in total. The van der Waals surface area contributed by atoms with Crippen molar-refractivity contribution in [2.24, 2.45) is 0 Å². The van der Waals surface area contributed by atoms with Gasteiger partial charge in [0.25, 0.3) is 5.91 Å². The molecule has 0 aromatic heterocycles. The summed E-state index contributed by atoms with van der Waals surface area (Å²) in [6.07, 6.45) is 2.01. The molecule has 0 aliphatic carbocycles. The number of carbonyl (C=O) groups is 2. The fourth-order valence-electron chi connectivity index (χ4n) is 3.83. The Labute approximate surface area is 173 Å². The molecule has 2 aromatic rings. The van der Waals surface area contributed by atoms with Crippen LogP contribution in [0.3, 0.4) is 0 Å². The van der Waals surface area contributed by atoms with Crippen LogP contribution in [0.2, 0.25) is 0 Å². The van der Waals surface area contributed by atoms with E-state index < -0.39 is 0 Å². The number of aryl methyl sites for hydroxylation is 2. The number of nitrogens with one attached hydrogen (secondary N) is 2. The summed E-state index contributed by atoms with van der Waals surface area (Å²) in [7, 11) is 0. The van der Waals surface area contributed by atoms with Crippen molar-refractivity contribution < 1.29 is 9.59 Å². The standard InChI is InChI=1S/C24H31N3O2/c1-4-25-24(29)27-12-6-9-22(16-27)20-7-5-8-21(14-20)23(28)26-15-19-11-10-17(2)18(3)13-19/h5,7-8,10-11,13-14,22H,4,6,9,12,15-16H2,1-3H3,(H,25,29)(H,26,28). The second kappa shape index (κ2) is 9.59. The van der Waals surface area contributed by atoms with Crippen LogP contribution >= 0.6 is 0 Å². The van der Waals surface area contributed by atoms with E-state index in [1.165, 1.54) is 11.1 Å². The van der Waals surface area contributed by atoms with Crippen LogP contribution in [0.5, 0.6) is 0 Å². The molecular formula is C24H31N3O2. The molecule has 0 spiro atoms. The van der Waals surface area contributed by atoms with E-state index in [1.807, 2.05) is 30.0 Å². The first-order chi connectivity index (χ1) is 14.0. The fraction of sp³-hybridized carbons (Fsp3) is 0.417. The van der Waals surface area contributed by atoms with Crippen molar-refractivity contribution in [3.05, 3.63) is 70.3 Å². The topological polar surface area (TPSA) is 61.4 Å². The van der Waals surface area contributed by atoms with Crippen molar-refractivity contribution in [2.75, 3.05) is 19.6 Å². The minimum atomic E-state index is -0.0681. The van der Waals surface area contributed by atoms with Gasteiger partial charge in [0.15, 0.2) is 0 Å². The molecule has 0 saturated carbocycles. The number of hydrogen-bond acceptors (Lipinski definition) is 2. The average molecular weight is 394 g/mol. The van der Waals surface area contributed by atoms with Crippen molar-refractivity contribution in [3.63, 3.8) is 0 Å². The lowest BCUT2D eigenvalue weighted by atomic mass is 9.89. The lowest BCUT2D eigenvalue weighted by Gasteiger charge is -2.33. The first-order valence-corrected chi connectivity index (χ1v) is 10.4. The molecule has 1 fully saturated rings. The molecule has 1 heterocycles. The van der Waals surface area contributed by atoms with Crippen LogP contribution in [-0.4, -0.2) is 36.5 Å². The maximum atomic E-state index is 12.7. The van der Waals surface area contributed by atoms with Gasteiger partial charge in [0.05, 0.1) is 0 Å². The highest BCUT2D eigenvalue weighted by Crippen LogP contribution is 2.27. The fourth-order valence-corrected chi connectivity index (χ4v) is 3.83. The van der Waals surface area contributed by atoms with E-state index in [9.17, 15) is 9.59 Å². The maximum absolute atomic E-state index is 12.7. The molecule has 1 unspecified atom stereocenters. The van der Waals surface area contributed by atoms with Gasteiger partial charge in [0, 0.05) is 37.7 Å². The third kappa shape index (κ3) is 5.37. The zero-order valence-corrected chi connectivity index (χ0v) is 17.6. The summed E-state index contributed by atoms with van der Waals surface area (Å²) < 4.78 is 0. The molecule has 154 valence electrons. The molecule has 1 aliphatic rings. The van der Waals surface area contributed by atoms with Crippen LogP contribution in [0.15, 0.2) is 42.5 Å². The minimum Gasteiger partial charge on any atom is -0.348 e. The summed E-state index contributed by atoms with van der Waals surface area (Å²) in [4.78, 5) is 26.7. The number of benzene rings is 2. The number of piperidine rings is 1. The molecule has 1 saturated heterocycles. The first-order valence-electron chi connectivity index (χ1n) is 10.4. The van der Waals surface area contributed by atoms with Gasteiger partial charge in [-0.1, -0.05) is 30.3 Å². The van der Waals surface area contributed by atoms with Gasteiger partial charge in [-0.05, 0) is 68.0 Å². The minimum absolute atomic E-state index is 0.000473. The summed E-state index contributed by atoms with van der Waals surface area (Å²) >= 11 is 0. The van der Waals surface area contributed by atoms with E-state index in [0.717, 1.165) is 30.5 Å². The van der Waals surface area contributed by atoms with E-state index in [4.69, 9.17) is 0 Å². The van der Waals surface area contributed by atoms with Crippen molar-refractivity contribution in [1.29, 1.82) is 0 Å². The van der Waals surface area contributed by atoms with Crippen LogP contribution in [0.25, 0.3) is 0 Å². The highest BCUT2D eigenvalue weighted by molar-refractivity contribution is 5.94. The average Bonchev–Trinajstić information content (AvgIpc) is 2.74. The molecule has 5 heteroatoms. The van der Waals surface area contributed by atoms with Gasteiger partial charge < -0.3 is 15.5 Å². The zero-order valence-electron chi connectivity index (χ0n) is 17.6. The SMILES string of the molecule is CCNC(=O)N1CCCC(c2cccc(C(=O)NCc3ccc(C)c(C)c3)c2)C1. The predicted octanol–water partition coefficient (Wildman–Crippen LogP) is 4.14. The maximum Gasteiger partial charge on any atom is 0.317 e. The molecule has 3 amide bonds. The number of carbonyl (C=O) groups excluding carboxylic acids is 2. The van der Waals surface area contributed by atoms with Gasteiger partial charge in [0.1, 0.15) is 0 Å². The first kappa shape index (κ1) is 20.9. The molecular weight excluding hydrogens is 362 g/mol. The number of rotatable bonds is 5. The highest BCUT2D eigenvalue weighted by atomic mass is 16.2. The molecule has 3 rings (SSSR count). The second-order valence-corrected chi connectivity index (χ2v) is 7.85. The Kier molecular flexibility index (Phi) is 6.91. The quantitative estimate of drug-likeness (QED) is 0.802. The van der Waals surface area contributed by atoms with E-state index in [1.54, 1.807) is 0 Å². The van der Waals surface area contributed by atoms with Crippen LogP contribution in [0.1, 0.15) is 58.3 Å². The van der Waals surface area contributed by atoms with Crippen molar-refractivity contribution >= 4 is 11.9 Å². The molecule has 1 atom stereocenters. The van der Waals surface area contributed by atoms with Crippen molar-refractivity contribution in [3.8, 4) is 0 Å². The molecule has 5 nitrogen and oxygen atoms in total. The highest BCUT2D eigenvalue weighted by Gasteiger charge is 2.24. The summed E-state index contributed by atoms with van der Waals surface area (Å²) in [5.74, 6) is 0.195. The lowest BCUT2D eigenvalue weighted by molar-refractivity contribution is 0.0950. The number of hydrogen-bond donors (Lipinski definition) is 2. The van der Waals surface area contributed by atoms with E-state index >= 15 is 0 Å². The molecule has 0 radical (unpaired) electrons. The van der Waals surface area contributed by atoms with Crippen molar-refractivity contribution in [1.82, 2.24) is 15.5 Å². The third-order valence-corrected chi connectivity index (χ3v) is 5.68. The predicted molar refractivity (Wildman–Crippen MR) is 116 cm³/mol. The number of likely N-dealkylation sites (tertiary alicyclic amines) is 1. The van der Waals surface area contributed by atoms with E-state index in [2.05, 4.69) is 48.7 Å². The number of urea groups is 1. The third-order valence-electron chi connectivity index (χ3n) is 5.68. The van der Waals surface area contributed by atoms with Gasteiger partial charge in [-0.25, -0.2) is 4.79 Å². The van der Waals surface area contributed by atoms with Crippen LogP contribution in [-0.2, 0) is 6.54 Å². The zero-order chi connectivity index (χ0) is 20.8. The van der Waals surface area contributed by atoms with Gasteiger partial charge in [0.2, 0.25) is 0 Å². The number of nitrogens with zero attached hydrogens (tertiary/aromatic N) is 1. The Balaban J connectivity index is 1.64. The Hall–Kier alpha value is -2.82. The Bertz CT molecular complexity index is 878. The van der Waals surface area contributed by atoms with Gasteiger partial charge in [-0.2, -0.15) is 0 Å². The monoisotopic (exact) mass is 393 g/mol. The van der Waals surface area contributed by atoms with Crippen molar-refractivity contribution in [2.45, 2.75) is 46.1 Å². The van der Waals surface area contributed by atoms with Gasteiger partial charge in [-0.3, -0.25) is 4.79 Å². The molecule has 29 heavy (non-hydrogen) atoms. The smallest absolute Gasteiger partial charge is 0.317 e. The lowest BCUT2D eigenvalue weighted by Crippen LogP contribution is -2.44. The van der Waals surface area contributed by atoms with E-state index in [0.29, 0.717) is 25.2 Å². The molecule has 0 bridgehead atoms. The van der Waals surface area contributed by atoms with Crippen LogP contribution < -0.4 is 10.6 Å². The number of amides is 3. The summed E-state index contributed by atoms with van der Waals surface area (Å²) in [5.41, 5.74) is 5.37. The normalized spacial score (nSPS) is 16.4. The van der Waals surface area contributed by atoms with Gasteiger partial charge in [-0.15, -0.1) is 0 Å².